The number of hydrogen-bond acceptors (Lipinski definition) is 7. The van der Waals surface area contributed by atoms with Gasteiger partial charge in [0, 0.05) is 26.2 Å². The maximum Gasteiger partial charge on any atom is 0.332 e. The second kappa shape index (κ2) is 9.85. The summed E-state index contributed by atoms with van der Waals surface area (Å²) < 4.78 is 39.1. The normalized spacial score (nSPS) is 12.1. The van der Waals surface area contributed by atoms with E-state index in [-0.39, 0.29) is 21.9 Å². The molecule has 184 valence electrons. The Labute approximate surface area is 197 Å². The van der Waals surface area contributed by atoms with Crippen molar-refractivity contribution in [2.75, 3.05) is 14.2 Å². The van der Waals surface area contributed by atoms with Crippen molar-refractivity contribution in [2.24, 2.45) is 12.2 Å². The van der Waals surface area contributed by atoms with Crippen molar-refractivity contribution in [3.63, 3.8) is 0 Å². The fourth-order valence-electron chi connectivity index (χ4n) is 3.79. The Bertz CT molecular complexity index is 1480. The fourth-order valence-corrected chi connectivity index (χ4v) is 4.52. The number of fused-ring (bicyclic) bond motifs is 1. The van der Waals surface area contributed by atoms with Crippen molar-refractivity contribution in [3.8, 4) is 11.5 Å². The lowest BCUT2D eigenvalue weighted by Gasteiger charge is -2.11. The van der Waals surface area contributed by atoms with Crippen molar-refractivity contribution < 1.29 is 17.9 Å². The highest BCUT2D eigenvalue weighted by Gasteiger charge is 2.20. The Morgan fingerprint density at radius 2 is 1.59 bits per heavy atom. The predicted molar refractivity (Wildman–Crippen MR) is 130 cm³/mol. The molecule has 0 spiro atoms. The quantitative estimate of drug-likeness (QED) is 0.479. The lowest BCUT2D eigenvalue weighted by Crippen LogP contribution is -2.40. The Balaban J connectivity index is 2.26. The van der Waals surface area contributed by atoms with Crippen molar-refractivity contribution in [2.45, 2.75) is 44.7 Å². The van der Waals surface area contributed by atoms with Gasteiger partial charge in [-0.05, 0) is 36.6 Å². The first-order valence-corrected chi connectivity index (χ1v) is 12.3. The van der Waals surface area contributed by atoms with Crippen LogP contribution in [0.4, 0.5) is 0 Å². The van der Waals surface area contributed by atoms with E-state index in [4.69, 9.17) is 14.6 Å². The Morgan fingerprint density at radius 3 is 2.15 bits per heavy atom. The number of primary sulfonamides is 1. The van der Waals surface area contributed by atoms with Crippen LogP contribution in [-0.4, -0.2) is 41.3 Å². The van der Waals surface area contributed by atoms with Gasteiger partial charge < -0.3 is 14.0 Å². The number of benzene rings is 1. The highest BCUT2D eigenvalue weighted by molar-refractivity contribution is 7.89. The molecule has 0 saturated carbocycles. The molecule has 3 rings (SSSR count). The van der Waals surface area contributed by atoms with Crippen LogP contribution in [-0.2, 0) is 30.2 Å². The first-order chi connectivity index (χ1) is 16.1. The van der Waals surface area contributed by atoms with Crippen LogP contribution in [0.3, 0.4) is 0 Å². The molecule has 0 unspecified atom stereocenters. The molecule has 0 fully saturated rings. The van der Waals surface area contributed by atoms with Gasteiger partial charge in [0.05, 0.1) is 19.1 Å². The summed E-state index contributed by atoms with van der Waals surface area (Å²) in [6.45, 7) is 4.54. The molecule has 0 radical (unpaired) electrons. The molecule has 0 bridgehead atoms. The molecule has 2 heterocycles. The Morgan fingerprint density at radius 1 is 1.00 bits per heavy atom. The van der Waals surface area contributed by atoms with Gasteiger partial charge in [0.25, 0.3) is 5.56 Å². The number of aryl methyl sites for hydroxylation is 2. The average Bonchev–Trinajstić information content (AvgIpc) is 3.12. The lowest BCUT2D eigenvalue weighted by molar-refractivity contribution is 0.353. The summed E-state index contributed by atoms with van der Waals surface area (Å²) >= 11 is 0. The van der Waals surface area contributed by atoms with E-state index < -0.39 is 21.3 Å². The van der Waals surface area contributed by atoms with Crippen molar-refractivity contribution in [3.05, 3.63) is 44.4 Å². The Hall–Kier alpha value is -3.38. The topological polar surface area (TPSA) is 140 Å². The van der Waals surface area contributed by atoms with E-state index in [0.29, 0.717) is 43.0 Å². The van der Waals surface area contributed by atoms with E-state index in [9.17, 15) is 18.0 Å². The van der Waals surface area contributed by atoms with E-state index in [1.54, 1.807) is 17.7 Å². The third-order valence-electron chi connectivity index (χ3n) is 5.41. The van der Waals surface area contributed by atoms with Crippen LogP contribution in [0.1, 0.15) is 38.1 Å². The van der Waals surface area contributed by atoms with E-state index in [2.05, 4.69) is 4.98 Å². The molecule has 11 nitrogen and oxygen atoms in total. The molecule has 3 aromatic rings. The SMILES string of the molecule is CCCn1c(=O)c2c(nc(/C=C/c3cc(OC)c(OC)cc3S(N)(=O)=O)n2C)n(CCC)c1=O. The van der Waals surface area contributed by atoms with Gasteiger partial charge in [-0.25, -0.2) is 23.3 Å². The van der Waals surface area contributed by atoms with Crippen LogP contribution in [0.2, 0.25) is 0 Å². The molecule has 12 heteroatoms. The van der Waals surface area contributed by atoms with Gasteiger partial charge >= 0.3 is 5.69 Å². The third kappa shape index (κ3) is 4.50. The monoisotopic (exact) mass is 491 g/mol. The number of nitrogens with two attached hydrogens (primary N) is 1. The zero-order valence-electron chi connectivity index (χ0n) is 19.9. The first kappa shape index (κ1) is 25.2. The molecular formula is C22H29N5O6S. The summed E-state index contributed by atoms with van der Waals surface area (Å²) in [6.07, 6.45) is 4.38. The molecule has 34 heavy (non-hydrogen) atoms. The second-order valence-corrected chi connectivity index (χ2v) is 9.25. The summed E-state index contributed by atoms with van der Waals surface area (Å²) in [6, 6.07) is 2.77. The van der Waals surface area contributed by atoms with Crippen molar-refractivity contribution in [1.29, 1.82) is 0 Å². The fraction of sp³-hybridized carbons (Fsp3) is 0.409. The van der Waals surface area contributed by atoms with E-state index in [0.717, 1.165) is 0 Å². The van der Waals surface area contributed by atoms with Gasteiger partial charge in [0.15, 0.2) is 22.7 Å². The van der Waals surface area contributed by atoms with Gasteiger partial charge in [-0.1, -0.05) is 13.8 Å². The average molecular weight is 492 g/mol. The van der Waals surface area contributed by atoms with Crippen LogP contribution in [0.15, 0.2) is 26.6 Å². The largest absolute Gasteiger partial charge is 0.493 e. The van der Waals surface area contributed by atoms with Crippen LogP contribution in [0, 0.1) is 0 Å². The standard InChI is InChI=1S/C22H29N5O6S/c1-6-10-26-20-19(21(28)27(11-7-2)22(26)29)25(3)18(24-20)9-8-14-12-15(32-4)16(33-5)13-17(14)34(23,30)31/h8-9,12-13H,6-7,10-11H2,1-5H3,(H2,23,30,31)/b9-8+. The predicted octanol–water partition coefficient (Wildman–Crippen LogP) is 1.55. The number of aromatic nitrogens is 4. The van der Waals surface area contributed by atoms with E-state index in [1.807, 2.05) is 13.8 Å². The van der Waals surface area contributed by atoms with E-state index in [1.165, 1.54) is 41.6 Å². The highest BCUT2D eigenvalue weighted by atomic mass is 32.2. The summed E-state index contributed by atoms with van der Waals surface area (Å²) in [4.78, 5) is 30.4. The third-order valence-corrected chi connectivity index (χ3v) is 6.37. The minimum absolute atomic E-state index is 0.159. The van der Waals surface area contributed by atoms with Crippen molar-refractivity contribution >= 4 is 33.3 Å². The van der Waals surface area contributed by atoms with Crippen LogP contribution < -0.4 is 25.9 Å². The maximum absolute atomic E-state index is 13.1. The second-order valence-electron chi connectivity index (χ2n) is 7.72. The Kier molecular flexibility index (Phi) is 7.32. The number of ether oxygens (including phenoxy) is 2. The van der Waals surface area contributed by atoms with Crippen molar-refractivity contribution in [1.82, 2.24) is 18.7 Å². The smallest absolute Gasteiger partial charge is 0.332 e. The van der Waals surface area contributed by atoms with Crippen LogP contribution in [0.5, 0.6) is 11.5 Å². The highest BCUT2D eigenvalue weighted by Crippen LogP contribution is 2.33. The molecular weight excluding hydrogens is 462 g/mol. The molecule has 0 aliphatic rings. The van der Waals surface area contributed by atoms with Gasteiger partial charge in [-0.3, -0.25) is 13.9 Å². The van der Waals surface area contributed by atoms with Gasteiger partial charge in [0.2, 0.25) is 10.0 Å². The number of nitrogens with zero attached hydrogens (tertiary/aromatic N) is 4. The molecule has 0 atom stereocenters. The molecule has 0 amide bonds. The zero-order chi connectivity index (χ0) is 25.2. The lowest BCUT2D eigenvalue weighted by atomic mass is 10.2. The molecule has 0 aliphatic heterocycles. The number of hydrogen-bond donors (Lipinski definition) is 1. The van der Waals surface area contributed by atoms with Gasteiger partial charge in [0.1, 0.15) is 5.82 Å². The molecule has 2 aromatic heterocycles. The summed E-state index contributed by atoms with van der Waals surface area (Å²) in [5.41, 5.74) is 0.0124. The summed E-state index contributed by atoms with van der Waals surface area (Å²) in [7, 11) is 0.410. The van der Waals surface area contributed by atoms with Gasteiger partial charge in [-0.2, -0.15) is 0 Å². The number of imidazole rings is 1. The minimum Gasteiger partial charge on any atom is -0.493 e. The number of methoxy groups -OCH3 is 2. The summed E-state index contributed by atoms with van der Waals surface area (Å²) in [5, 5.41) is 5.41. The van der Waals surface area contributed by atoms with E-state index >= 15 is 0 Å². The maximum atomic E-state index is 13.1. The molecule has 0 aliphatic carbocycles. The number of rotatable bonds is 9. The van der Waals surface area contributed by atoms with Gasteiger partial charge in [-0.15, -0.1) is 0 Å². The first-order valence-electron chi connectivity index (χ1n) is 10.8. The molecule has 1 aromatic carbocycles. The summed E-state index contributed by atoms with van der Waals surface area (Å²) in [5.74, 6) is 0.894. The zero-order valence-corrected chi connectivity index (χ0v) is 20.7. The minimum atomic E-state index is -4.08. The number of sulfonamides is 1. The van der Waals surface area contributed by atoms with Crippen LogP contribution in [0.25, 0.3) is 23.3 Å². The molecule has 0 saturated heterocycles. The molecule has 2 N–H and O–H groups in total. The van der Waals surface area contributed by atoms with Crippen LogP contribution >= 0.6 is 0 Å².